The van der Waals surface area contributed by atoms with Crippen LogP contribution < -0.4 is 14.2 Å². The predicted octanol–water partition coefficient (Wildman–Crippen LogP) is 4.26. The van der Waals surface area contributed by atoms with Crippen molar-refractivity contribution in [1.29, 1.82) is 0 Å². The lowest BCUT2D eigenvalue weighted by Gasteiger charge is -2.13. The third-order valence-corrected chi connectivity index (χ3v) is 5.76. The Labute approximate surface area is 150 Å². The topological polar surface area (TPSA) is 64.6 Å². The van der Waals surface area contributed by atoms with Crippen LogP contribution in [0.1, 0.15) is 12.0 Å². The summed E-state index contributed by atoms with van der Waals surface area (Å²) in [6, 6.07) is 7.74. The van der Waals surface area contributed by atoms with E-state index in [0.717, 1.165) is 6.42 Å². The molecule has 1 aliphatic rings. The Morgan fingerprint density at radius 2 is 1.71 bits per heavy atom. The molecule has 0 saturated carbocycles. The van der Waals surface area contributed by atoms with Gasteiger partial charge in [-0.25, -0.2) is 8.42 Å². The largest absolute Gasteiger partial charge is 0.490 e. The van der Waals surface area contributed by atoms with Gasteiger partial charge in [0.05, 0.1) is 23.9 Å². The van der Waals surface area contributed by atoms with Crippen molar-refractivity contribution in [1.82, 2.24) is 0 Å². The Kier molecular flexibility index (Phi) is 4.80. The summed E-state index contributed by atoms with van der Waals surface area (Å²) in [5.74, 6) is 1.10. The molecule has 0 amide bonds. The lowest BCUT2D eigenvalue weighted by atomic mass is 10.2. The zero-order valence-corrected chi connectivity index (χ0v) is 15.1. The number of hydrogen-bond acceptors (Lipinski definition) is 4. The van der Waals surface area contributed by atoms with Crippen molar-refractivity contribution >= 4 is 38.9 Å². The quantitative estimate of drug-likeness (QED) is 0.853. The van der Waals surface area contributed by atoms with Gasteiger partial charge < -0.3 is 9.47 Å². The molecule has 128 valence electrons. The molecule has 2 aromatic rings. The average molecular weight is 388 g/mol. The van der Waals surface area contributed by atoms with Crippen molar-refractivity contribution in [3.05, 3.63) is 45.9 Å². The van der Waals surface area contributed by atoms with Crippen LogP contribution in [0.3, 0.4) is 0 Å². The number of sulfonamides is 1. The van der Waals surface area contributed by atoms with Gasteiger partial charge in [0, 0.05) is 17.5 Å². The first kappa shape index (κ1) is 17.2. The van der Waals surface area contributed by atoms with Crippen molar-refractivity contribution in [2.75, 3.05) is 17.9 Å². The molecular weight excluding hydrogens is 373 g/mol. The normalized spacial score (nSPS) is 14.1. The van der Waals surface area contributed by atoms with Gasteiger partial charge in [-0.2, -0.15) is 0 Å². The maximum atomic E-state index is 12.6. The summed E-state index contributed by atoms with van der Waals surface area (Å²) in [5.41, 5.74) is 0.989. The molecule has 0 radical (unpaired) electrons. The van der Waals surface area contributed by atoms with Crippen LogP contribution in [0.25, 0.3) is 0 Å². The first-order valence-corrected chi connectivity index (χ1v) is 9.49. The van der Waals surface area contributed by atoms with E-state index in [1.54, 1.807) is 25.1 Å². The minimum absolute atomic E-state index is 0.0295. The molecule has 0 aromatic heterocycles. The highest BCUT2D eigenvalue weighted by Crippen LogP contribution is 2.34. The van der Waals surface area contributed by atoms with Crippen molar-refractivity contribution < 1.29 is 17.9 Å². The van der Waals surface area contributed by atoms with Crippen LogP contribution in [-0.2, 0) is 10.0 Å². The van der Waals surface area contributed by atoms with Crippen LogP contribution in [0.5, 0.6) is 11.5 Å². The molecule has 1 heterocycles. The zero-order valence-electron chi connectivity index (χ0n) is 12.8. The molecule has 5 nitrogen and oxygen atoms in total. The number of hydrogen-bond donors (Lipinski definition) is 1. The van der Waals surface area contributed by atoms with E-state index in [4.69, 9.17) is 32.7 Å². The Morgan fingerprint density at radius 3 is 2.46 bits per heavy atom. The number of benzene rings is 2. The molecule has 3 rings (SSSR count). The van der Waals surface area contributed by atoms with Crippen LogP contribution in [0.4, 0.5) is 5.69 Å². The molecule has 0 atom stereocenters. The van der Waals surface area contributed by atoms with E-state index >= 15 is 0 Å². The minimum atomic E-state index is -3.86. The highest BCUT2D eigenvalue weighted by atomic mass is 35.5. The molecular formula is C16H15Cl2NO4S. The van der Waals surface area contributed by atoms with Crippen molar-refractivity contribution in [3.63, 3.8) is 0 Å². The van der Waals surface area contributed by atoms with Gasteiger partial charge in [0.1, 0.15) is 4.90 Å². The summed E-state index contributed by atoms with van der Waals surface area (Å²) in [7, 11) is -3.86. The number of fused-ring (bicyclic) bond motifs is 1. The van der Waals surface area contributed by atoms with Crippen molar-refractivity contribution in [2.45, 2.75) is 18.2 Å². The monoisotopic (exact) mass is 387 g/mol. The molecule has 2 aromatic carbocycles. The van der Waals surface area contributed by atoms with E-state index in [0.29, 0.717) is 41.0 Å². The van der Waals surface area contributed by atoms with Gasteiger partial charge in [-0.05, 0) is 36.8 Å². The minimum Gasteiger partial charge on any atom is -0.490 e. The Hall–Kier alpha value is -1.63. The van der Waals surface area contributed by atoms with Gasteiger partial charge in [0.15, 0.2) is 11.5 Å². The molecule has 0 unspecified atom stereocenters. The lowest BCUT2D eigenvalue weighted by molar-refractivity contribution is 0.297. The lowest BCUT2D eigenvalue weighted by Crippen LogP contribution is -2.14. The predicted molar refractivity (Wildman–Crippen MR) is 94.1 cm³/mol. The summed E-state index contributed by atoms with van der Waals surface area (Å²) in [6.45, 7) is 2.80. The number of anilines is 1. The van der Waals surface area contributed by atoms with E-state index < -0.39 is 10.0 Å². The first-order chi connectivity index (χ1) is 11.4. The van der Waals surface area contributed by atoms with E-state index in [1.807, 2.05) is 0 Å². The maximum Gasteiger partial charge on any atom is 0.263 e. The summed E-state index contributed by atoms with van der Waals surface area (Å²) >= 11 is 12.0. The van der Waals surface area contributed by atoms with Gasteiger partial charge in [0.25, 0.3) is 10.0 Å². The third-order valence-electron chi connectivity index (χ3n) is 3.50. The Morgan fingerprint density at radius 1 is 1.00 bits per heavy atom. The second-order valence-corrected chi connectivity index (χ2v) is 7.81. The van der Waals surface area contributed by atoms with Crippen LogP contribution >= 0.6 is 23.2 Å². The average Bonchev–Trinajstić information content (AvgIpc) is 2.75. The molecule has 0 bridgehead atoms. The second kappa shape index (κ2) is 6.70. The molecule has 0 spiro atoms. The highest BCUT2D eigenvalue weighted by Gasteiger charge is 2.21. The van der Waals surface area contributed by atoms with E-state index in [1.165, 1.54) is 12.1 Å². The van der Waals surface area contributed by atoms with Gasteiger partial charge in [-0.15, -0.1) is 0 Å². The number of halogens is 2. The van der Waals surface area contributed by atoms with Crippen molar-refractivity contribution in [3.8, 4) is 11.5 Å². The van der Waals surface area contributed by atoms with Gasteiger partial charge in [-0.3, -0.25) is 4.72 Å². The number of ether oxygens (including phenoxy) is 2. The standard InChI is InChI=1S/C16H15Cl2NO4S/c1-10-7-16(13(18)9-12(10)17)24(20,21)19-11-3-4-14-15(8-11)23-6-2-5-22-14/h3-4,7-9,19H,2,5-6H2,1H3. The molecule has 0 aliphatic carbocycles. The van der Waals surface area contributed by atoms with Crippen LogP contribution in [0.15, 0.2) is 35.2 Å². The zero-order chi connectivity index (χ0) is 17.3. The van der Waals surface area contributed by atoms with Gasteiger partial charge >= 0.3 is 0 Å². The summed E-state index contributed by atoms with van der Waals surface area (Å²) in [6.07, 6.45) is 0.773. The summed E-state index contributed by atoms with van der Waals surface area (Å²) in [5, 5.41) is 0.474. The Balaban J connectivity index is 1.93. The van der Waals surface area contributed by atoms with Gasteiger partial charge in [0.2, 0.25) is 0 Å². The number of nitrogens with one attached hydrogen (secondary N) is 1. The highest BCUT2D eigenvalue weighted by molar-refractivity contribution is 7.92. The third kappa shape index (κ3) is 3.55. The molecule has 0 fully saturated rings. The van der Waals surface area contributed by atoms with Crippen LogP contribution in [0, 0.1) is 6.92 Å². The smallest absolute Gasteiger partial charge is 0.263 e. The fourth-order valence-corrected chi connectivity index (χ4v) is 4.16. The van der Waals surface area contributed by atoms with Crippen molar-refractivity contribution in [2.24, 2.45) is 0 Å². The fraction of sp³-hybridized carbons (Fsp3) is 0.250. The molecule has 1 aliphatic heterocycles. The van der Waals surface area contributed by atoms with E-state index in [2.05, 4.69) is 4.72 Å². The van der Waals surface area contributed by atoms with E-state index in [-0.39, 0.29) is 9.92 Å². The van der Waals surface area contributed by atoms with Crippen LogP contribution in [0.2, 0.25) is 10.0 Å². The first-order valence-electron chi connectivity index (χ1n) is 7.25. The molecule has 1 N–H and O–H groups in total. The van der Waals surface area contributed by atoms with Gasteiger partial charge in [-0.1, -0.05) is 23.2 Å². The number of aryl methyl sites for hydroxylation is 1. The Bertz CT molecular complexity index is 884. The molecule has 8 heteroatoms. The summed E-state index contributed by atoms with van der Waals surface area (Å²) < 4.78 is 38.8. The summed E-state index contributed by atoms with van der Waals surface area (Å²) in [4.78, 5) is -0.0295. The maximum absolute atomic E-state index is 12.6. The molecule has 24 heavy (non-hydrogen) atoms. The molecule has 0 saturated heterocycles. The number of rotatable bonds is 3. The fourth-order valence-electron chi connectivity index (χ4n) is 2.27. The SMILES string of the molecule is Cc1cc(S(=O)(=O)Nc2ccc3c(c2)OCCCO3)c(Cl)cc1Cl. The second-order valence-electron chi connectivity index (χ2n) is 5.35. The van der Waals surface area contributed by atoms with E-state index in [9.17, 15) is 8.42 Å². The van der Waals surface area contributed by atoms with Crippen LogP contribution in [-0.4, -0.2) is 21.6 Å².